The molecule has 0 spiro atoms. The number of piperidine rings is 1. The lowest BCUT2D eigenvalue weighted by atomic mass is 9.90. The van der Waals surface area contributed by atoms with E-state index in [9.17, 15) is 4.39 Å². The first-order valence-corrected chi connectivity index (χ1v) is 7.45. The minimum atomic E-state index is -0.325. The van der Waals surface area contributed by atoms with Gasteiger partial charge in [0.1, 0.15) is 6.61 Å². The minimum absolute atomic E-state index is 0.0241. The summed E-state index contributed by atoms with van der Waals surface area (Å²) in [7, 11) is 0. The van der Waals surface area contributed by atoms with E-state index in [1.54, 1.807) is 18.2 Å². The lowest BCUT2D eigenvalue weighted by Crippen LogP contribution is -2.45. The summed E-state index contributed by atoms with van der Waals surface area (Å²) < 4.78 is 19.0. The van der Waals surface area contributed by atoms with Gasteiger partial charge in [0.15, 0.2) is 11.6 Å². The highest BCUT2D eigenvalue weighted by Gasteiger charge is 2.25. The monoisotopic (exact) mass is 280 g/mol. The molecule has 0 aliphatic carbocycles. The highest BCUT2D eigenvalue weighted by molar-refractivity contribution is 5.23. The zero-order valence-corrected chi connectivity index (χ0v) is 12.4. The maximum Gasteiger partial charge on any atom is 0.165 e. The molecule has 0 saturated carbocycles. The average molecular weight is 280 g/mol. The number of hydrogen-bond acceptors (Lipinski definition) is 3. The van der Waals surface area contributed by atoms with Crippen molar-refractivity contribution in [2.24, 2.45) is 11.7 Å². The van der Waals surface area contributed by atoms with Gasteiger partial charge in [-0.3, -0.25) is 0 Å². The zero-order chi connectivity index (χ0) is 14.5. The summed E-state index contributed by atoms with van der Waals surface area (Å²) in [5.74, 6) is 0.439. The van der Waals surface area contributed by atoms with Gasteiger partial charge in [-0.25, -0.2) is 4.39 Å². The van der Waals surface area contributed by atoms with Crippen LogP contribution in [0.2, 0.25) is 0 Å². The van der Waals surface area contributed by atoms with E-state index in [4.69, 9.17) is 10.5 Å². The van der Waals surface area contributed by atoms with Crippen LogP contribution >= 0.6 is 0 Å². The molecule has 1 unspecified atom stereocenters. The molecule has 1 fully saturated rings. The van der Waals surface area contributed by atoms with Gasteiger partial charge < -0.3 is 15.4 Å². The van der Waals surface area contributed by atoms with Crippen LogP contribution in [0.1, 0.15) is 26.7 Å². The van der Waals surface area contributed by atoms with E-state index < -0.39 is 0 Å². The molecule has 0 amide bonds. The molecule has 1 aromatic carbocycles. The Morgan fingerprint density at radius 2 is 1.95 bits per heavy atom. The van der Waals surface area contributed by atoms with E-state index in [1.165, 1.54) is 6.07 Å². The van der Waals surface area contributed by atoms with E-state index >= 15 is 0 Å². The molecule has 4 heteroatoms. The Labute approximate surface area is 120 Å². The summed E-state index contributed by atoms with van der Waals surface area (Å²) >= 11 is 0. The minimum Gasteiger partial charge on any atom is -0.489 e. The van der Waals surface area contributed by atoms with Crippen molar-refractivity contribution in [1.29, 1.82) is 0 Å². The molecule has 1 heterocycles. The third kappa shape index (κ3) is 3.93. The maximum atomic E-state index is 13.4. The first-order chi connectivity index (χ1) is 9.58. The van der Waals surface area contributed by atoms with Crippen LogP contribution in [0.25, 0.3) is 0 Å². The van der Waals surface area contributed by atoms with Crippen LogP contribution in [0.15, 0.2) is 24.3 Å². The second-order valence-electron chi connectivity index (χ2n) is 5.87. The van der Waals surface area contributed by atoms with Gasteiger partial charge in [0.25, 0.3) is 0 Å². The Balaban J connectivity index is 1.79. The van der Waals surface area contributed by atoms with Crippen molar-refractivity contribution in [1.82, 2.24) is 4.90 Å². The predicted molar refractivity (Wildman–Crippen MR) is 79.3 cm³/mol. The van der Waals surface area contributed by atoms with Crippen LogP contribution in [-0.4, -0.2) is 36.7 Å². The van der Waals surface area contributed by atoms with Gasteiger partial charge >= 0.3 is 0 Å². The van der Waals surface area contributed by atoms with Gasteiger partial charge in [-0.1, -0.05) is 12.1 Å². The van der Waals surface area contributed by atoms with Crippen LogP contribution in [0.5, 0.6) is 5.75 Å². The number of rotatable bonds is 5. The molecule has 2 N–H and O–H groups in total. The van der Waals surface area contributed by atoms with Gasteiger partial charge in [0.05, 0.1) is 0 Å². The number of nitrogens with zero attached hydrogens (tertiary/aromatic N) is 1. The molecular weight excluding hydrogens is 255 g/mol. The van der Waals surface area contributed by atoms with Crippen LogP contribution in [0.4, 0.5) is 4.39 Å². The number of likely N-dealkylation sites (tertiary alicyclic amines) is 1. The first kappa shape index (κ1) is 15.3. The van der Waals surface area contributed by atoms with Crippen molar-refractivity contribution < 1.29 is 9.13 Å². The highest BCUT2D eigenvalue weighted by atomic mass is 19.1. The molecule has 1 aromatic rings. The van der Waals surface area contributed by atoms with E-state index in [1.807, 2.05) is 0 Å². The molecule has 2 rings (SSSR count). The number of ether oxygens (including phenoxy) is 1. The Bertz CT molecular complexity index is 417. The van der Waals surface area contributed by atoms with Gasteiger partial charge in [0.2, 0.25) is 0 Å². The highest BCUT2D eigenvalue weighted by Crippen LogP contribution is 2.22. The van der Waals surface area contributed by atoms with Crippen molar-refractivity contribution in [3.8, 4) is 5.75 Å². The van der Waals surface area contributed by atoms with E-state index in [0.717, 1.165) is 25.9 Å². The summed E-state index contributed by atoms with van der Waals surface area (Å²) in [6.07, 6.45) is 2.19. The van der Waals surface area contributed by atoms with Crippen LogP contribution in [0.3, 0.4) is 0 Å². The SMILES string of the molecule is CC(C)N1CCC(C(N)COc2ccccc2F)CC1. The first-order valence-electron chi connectivity index (χ1n) is 7.45. The van der Waals surface area contributed by atoms with Gasteiger partial charge in [-0.2, -0.15) is 0 Å². The summed E-state index contributed by atoms with van der Waals surface area (Å²) in [5, 5.41) is 0. The Kier molecular flexibility index (Phi) is 5.38. The molecule has 1 aliphatic rings. The van der Waals surface area contributed by atoms with E-state index in [0.29, 0.717) is 24.3 Å². The van der Waals surface area contributed by atoms with Gasteiger partial charge in [0, 0.05) is 12.1 Å². The molecule has 0 radical (unpaired) electrons. The van der Waals surface area contributed by atoms with Gasteiger partial charge in [-0.05, 0) is 57.8 Å². The van der Waals surface area contributed by atoms with E-state index in [2.05, 4.69) is 18.7 Å². The average Bonchev–Trinajstić information content (AvgIpc) is 2.46. The van der Waals surface area contributed by atoms with Crippen LogP contribution in [0, 0.1) is 11.7 Å². The van der Waals surface area contributed by atoms with Crippen molar-refractivity contribution in [3.63, 3.8) is 0 Å². The van der Waals surface area contributed by atoms with Crippen LogP contribution < -0.4 is 10.5 Å². The Morgan fingerprint density at radius 3 is 2.55 bits per heavy atom. The standard InChI is InChI=1S/C16H25FN2O/c1-12(2)19-9-7-13(8-10-19)15(18)11-20-16-6-4-3-5-14(16)17/h3-6,12-13,15H,7-11,18H2,1-2H3. The molecule has 0 bridgehead atoms. The van der Waals surface area contributed by atoms with Crippen molar-refractivity contribution in [2.45, 2.75) is 38.8 Å². The fraction of sp³-hybridized carbons (Fsp3) is 0.625. The molecule has 0 aromatic heterocycles. The quantitative estimate of drug-likeness (QED) is 0.901. The molecular formula is C16H25FN2O. The summed E-state index contributed by atoms with van der Waals surface area (Å²) in [6.45, 7) is 7.02. The topological polar surface area (TPSA) is 38.5 Å². The maximum absolute atomic E-state index is 13.4. The predicted octanol–water partition coefficient (Wildman–Crippen LogP) is 2.65. The smallest absolute Gasteiger partial charge is 0.165 e. The molecule has 1 atom stereocenters. The van der Waals surface area contributed by atoms with Crippen LogP contribution in [-0.2, 0) is 0 Å². The summed E-state index contributed by atoms with van der Waals surface area (Å²) in [5.41, 5.74) is 6.20. The fourth-order valence-electron chi connectivity index (χ4n) is 2.75. The number of halogens is 1. The molecule has 3 nitrogen and oxygen atoms in total. The summed E-state index contributed by atoms with van der Waals surface area (Å²) in [6, 6.07) is 7.05. The van der Waals surface area contributed by atoms with Crippen molar-refractivity contribution >= 4 is 0 Å². The Morgan fingerprint density at radius 1 is 1.30 bits per heavy atom. The molecule has 1 aliphatic heterocycles. The van der Waals surface area contributed by atoms with Gasteiger partial charge in [-0.15, -0.1) is 0 Å². The fourth-order valence-corrected chi connectivity index (χ4v) is 2.75. The Hall–Kier alpha value is -1.13. The zero-order valence-electron chi connectivity index (χ0n) is 12.4. The molecule has 112 valence electrons. The van der Waals surface area contributed by atoms with E-state index in [-0.39, 0.29) is 11.9 Å². The number of hydrogen-bond donors (Lipinski definition) is 1. The largest absolute Gasteiger partial charge is 0.489 e. The number of para-hydroxylation sites is 1. The molecule has 20 heavy (non-hydrogen) atoms. The second kappa shape index (κ2) is 7.04. The lowest BCUT2D eigenvalue weighted by Gasteiger charge is -2.36. The summed E-state index contributed by atoms with van der Waals surface area (Å²) in [4.78, 5) is 2.47. The molecule has 1 saturated heterocycles. The second-order valence-corrected chi connectivity index (χ2v) is 5.87. The third-order valence-electron chi connectivity index (χ3n) is 4.18. The third-order valence-corrected chi connectivity index (χ3v) is 4.18. The van der Waals surface area contributed by atoms with Crippen molar-refractivity contribution in [3.05, 3.63) is 30.1 Å². The number of nitrogens with two attached hydrogens (primary N) is 1. The lowest BCUT2D eigenvalue weighted by molar-refractivity contribution is 0.123. The van der Waals surface area contributed by atoms with Crippen molar-refractivity contribution in [2.75, 3.05) is 19.7 Å². The normalized spacial score (nSPS) is 19.2. The number of benzene rings is 1.